The van der Waals surface area contributed by atoms with Gasteiger partial charge in [0, 0.05) is 12.1 Å². The Labute approximate surface area is 109 Å². The van der Waals surface area contributed by atoms with Crippen molar-refractivity contribution in [3.8, 4) is 0 Å². The van der Waals surface area contributed by atoms with Gasteiger partial charge in [-0.1, -0.05) is 47.0 Å². The summed E-state index contributed by atoms with van der Waals surface area (Å²) in [6, 6.07) is 1.47. The molecule has 1 fully saturated rings. The summed E-state index contributed by atoms with van der Waals surface area (Å²) in [7, 11) is 0. The molecule has 4 unspecified atom stereocenters. The average molecular weight is 239 g/mol. The van der Waals surface area contributed by atoms with E-state index < -0.39 is 0 Å². The number of unbranched alkanes of at least 4 members (excludes halogenated alkanes) is 1. The molecule has 0 spiro atoms. The lowest BCUT2D eigenvalue weighted by atomic mass is 9.74. The molecule has 0 aromatic carbocycles. The molecule has 0 aliphatic heterocycles. The molecule has 17 heavy (non-hydrogen) atoms. The summed E-state index contributed by atoms with van der Waals surface area (Å²) in [5.74, 6) is 2.65. The Morgan fingerprint density at radius 1 is 1.18 bits per heavy atom. The first kappa shape index (κ1) is 15.0. The van der Waals surface area contributed by atoms with Crippen molar-refractivity contribution in [2.75, 3.05) is 0 Å². The molecule has 0 aromatic rings. The molecule has 1 heteroatoms. The van der Waals surface area contributed by atoms with Gasteiger partial charge in [-0.2, -0.15) is 0 Å². The highest BCUT2D eigenvalue weighted by Crippen LogP contribution is 2.33. The fraction of sp³-hybridized carbons (Fsp3) is 1.00. The Morgan fingerprint density at radius 2 is 1.88 bits per heavy atom. The molecule has 1 aliphatic rings. The van der Waals surface area contributed by atoms with Crippen molar-refractivity contribution in [3.05, 3.63) is 0 Å². The Morgan fingerprint density at radius 3 is 2.47 bits per heavy atom. The molecule has 4 atom stereocenters. The van der Waals surface area contributed by atoms with E-state index in [2.05, 4.69) is 39.9 Å². The van der Waals surface area contributed by atoms with Gasteiger partial charge >= 0.3 is 0 Å². The summed E-state index contributed by atoms with van der Waals surface area (Å²) < 4.78 is 0. The van der Waals surface area contributed by atoms with Gasteiger partial charge in [-0.3, -0.25) is 0 Å². The predicted molar refractivity (Wildman–Crippen MR) is 77.3 cm³/mol. The molecule has 1 saturated carbocycles. The normalized spacial score (nSPS) is 31.8. The van der Waals surface area contributed by atoms with Crippen molar-refractivity contribution >= 4 is 0 Å². The molecule has 102 valence electrons. The zero-order chi connectivity index (χ0) is 12.8. The van der Waals surface area contributed by atoms with E-state index >= 15 is 0 Å². The van der Waals surface area contributed by atoms with Crippen LogP contribution in [0.1, 0.15) is 73.1 Å². The predicted octanol–water partition coefficient (Wildman–Crippen LogP) is 4.62. The van der Waals surface area contributed by atoms with Crippen LogP contribution in [0.3, 0.4) is 0 Å². The summed E-state index contributed by atoms with van der Waals surface area (Å²) in [5.41, 5.74) is 0. The van der Waals surface area contributed by atoms with Gasteiger partial charge < -0.3 is 5.32 Å². The number of nitrogens with one attached hydrogen (secondary N) is 1. The van der Waals surface area contributed by atoms with Gasteiger partial charge in [0.05, 0.1) is 0 Å². The second-order valence-electron chi connectivity index (χ2n) is 6.64. The van der Waals surface area contributed by atoms with Crippen molar-refractivity contribution in [1.82, 2.24) is 5.32 Å². The van der Waals surface area contributed by atoms with Gasteiger partial charge in [0.15, 0.2) is 0 Å². The fourth-order valence-corrected chi connectivity index (χ4v) is 3.35. The van der Waals surface area contributed by atoms with E-state index in [4.69, 9.17) is 0 Å². The fourth-order valence-electron chi connectivity index (χ4n) is 3.35. The molecule has 1 N–H and O–H groups in total. The lowest BCUT2D eigenvalue weighted by Crippen LogP contribution is -2.46. The molecule has 0 saturated heterocycles. The Hall–Kier alpha value is -0.0400. The van der Waals surface area contributed by atoms with Gasteiger partial charge in [-0.25, -0.2) is 0 Å². The first-order valence-corrected chi connectivity index (χ1v) is 7.80. The minimum atomic E-state index is 0.700. The Balaban J connectivity index is 2.45. The van der Waals surface area contributed by atoms with Crippen LogP contribution < -0.4 is 5.32 Å². The first-order valence-electron chi connectivity index (χ1n) is 7.80. The molecule has 0 amide bonds. The maximum Gasteiger partial charge on any atom is 0.0103 e. The lowest BCUT2D eigenvalue weighted by molar-refractivity contribution is 0.159. The standard InChI is InChI=1S/C16H33N/c1-6-7-8-14(5)17-16-11-13(4)9-10-15(16)12(2)3/h12-17H,6-11H2,1-5H3. The van der Waals surface area contributed by atoms with Crippen molar-refractivity contribution in [2.24, 2.45) is 17.8 Å². The van der Waals surface area contributed by atoms with Crippen LogP contribution in [-0.2, 0) is 0 Å². The highest BCUT2D eigenvalue weighted by Gasteiger charge is 2.30. The number of hydrogen-bond donors (Lipinski definition) is 1. The van der Waals surface area contributed by atoms with Crippen LogP contribution in [0.2, 0.25) is 0 Å². The molecule has 1 rings (SSSR count). The van der Waals surface area contributed by atoms with Crippen molar-refractivity contribution in [2.45, 2.75) is 85.2 Å². The first-order chi connectivity index (χ1) is 8.04. The summed E-state index contributed by atoms with van der Waals surface area (Å²) >= 11 is 0. The third-order valence-electron chi connectivity index (χ3n) is 4.51. The SMILES string of the molecule is CCCCC(C)NC1CC(C)CCC1C(C)C. The second kappa shape index (κ2) is 7.41. The van der Waals surface area contributed by atoms with Crippen molar-refractivity contribution in [3.63, 3.8) is 0 Å². The van der Waals surface area contributed by atoms with Crippen LogP contribution >= 0.6 is 0 Å². The van der Waals surface area contributed by atoms with E-state index in [1.807, 2.05) is 0 Å². The molecule has 0 heterocycles. The van der Waals surface area contributed by atoms with Crippen LogP contribution in [0, 0.1) is 17.8 Å². The van der Waals surface area contributed by atoms with E-state index in [0.717, 1.165) is 23.8 Å². The smallest absolute Gasteiger partial charge is 0.0103 e. The summed E-state index contributed by atoms with van der Waals surface area (Å²) in [6.07, 6.45) is 8.27. The third kappa shape index (κ3) is 4.99. The monoisotopic (exact) mass is 239 g/mol. The summed E-state index contributed by atoms with van der Waals surface area (Å²) in [4.78, 5) is 0. The lowest BCUT2D eigenvalue weighted by Gasteiger charge is -2.39. The second-order valence-corrected chi connectivity index (χ2v) is 6.64. The van der Waals surface area contributed by atoms with Crippen molar-refractivity contribution < 1.29 is 0 Å². The van der Waals surface area contributed by atoms with E-state index in [1.54, 1.807) is 0 Å². The molecule has 0 radical (unpaired) electrons. The highest BCUT2D eigenvalue weighted by atomic mass is 15.0. The van der Waals surface area contributed by atoms with Gasteiger partial charge in [-0.15, -0.1) is 0 Å². The van der Waals surface area contributed by atoms with E-state index in [-0.39, 0.29) is 0 Å². The minimum Gasteiger partial charge on any atom is -0.311 e. The van der Waals surface area contributed by atoms with Crippen LogP contribution in [0.5, 0.6) is 0 Å². The topological polar surface area (TPSA) is 12.0 Å². The molecule has 1 nitrogen and oxygen atoms in total. The zero-order valence-electron chi connectivity index (χ0n) is 12.6. The molecule has 0 aromatic heterocycles. The zero-order valence-corrected chi connectivity index (χ0v) is 12.6. The van der Waals surface area contributed by atoms with Crippen LogP contribution in [-0.4, -0.2) is 12.1 Å². The van der Waals surface area contributed by atoms with Gasteiger partial charge in [0.2, 0.25) is 0 Å². The maximum absolute atomic E-state index is 3.92. The van der Waals surface area contributed by atoms with E-state index in [1.165, 1.54) is 38.5 Å². The van der Waals surface area contributed by atoms with Gasteiger partial charge in [-0.05, 0) is 43.9 Å². The van der Waals surface area contributed by atoms with Crippen molar-refractivity contribution in [1.29, 1.82) is 0 Å². The summed E-state index contributed by atoms with van der Waals surface area (Å²) in [5, 5.41) is 3.92. The molecule has 1 aliphatic carbocycles. The van der Waals surface area contributed by atoms with Crippen LogP contribution in [0.15, 0.2) is 0 Å². The quantitative estimate of drug-likeness (QED) is 0.713. The number of hydrogen-bond acceptors (Lipinski definition) is 1. The average Bonchev–Trinajstić information content (AvgIpc) is 2.26. The minimum absolute atomic E-state index is 0.700. The Bertz CT molecular complexity index is 200. The van der Waals surface area contributed by atoms with Gasteiger partial charge in [0.1, 0.15) is 0 Å². The number of rotatable bonds is 6. The third-order valence-corrected chi connectivity index (χ3v) is 4.51. The Kier molecular flexibility index (Phi) is 6.54. The molecular weight excluding hydrogens is 206 g/mol. The largest absolute Gasteiger partial charge is 0.311 e. The van der Waals surface area contributed by atoms with E-state index in [0.29, 0.717) is 6.04 Å². The van der Waals surface area contributed by atoms with Gasteiger partial charge in [0.25, 0.3) is 0 Å². The van der Waals surface area contributed by atoms with Crippen LogP contribution in [0.25, 0.3) is 0 Å². The molecular formula is C16H33N. The highest BCUT2D eigenvalue weighted by molar-refractivity contribution is 4.86. The maximum atomic E-state index is 3.92. The summed E-state index contributed by atoms with van der Waals surface area (Å²) in [6.45, 7) is 11.9. The molecule has 0 bridgehead atoms. The van der Waals surface area contributed by atoms with E-state index in [9.17, 15) is 0 Å². The van der Waals surface area contributed by atoms with Crippen LogP contribution in [0.4, 0.5) is 0 Å².